The number of carbonyl (C=O) groups excluding carboxylic acids is 2. The van der Waals surface area contributed by atoms with Crippen molar-refractivity contribution in [1.82, 2.24) is 9.80 Å². The van der Waals surface area contributed by atoms with Crippen molar-refractivity contribution < 1.29 is 9.59 Å². The van der Waals surface area contributed by atoms with Gasteiger partial charge in [0, 0.05) is 37.6 Å². The first-order valence-electron chi connectivity index (χ1n) is 6.75. The SMILES string of the molecule is CC(=O)N1CCN(C(=O)Cc2cc(Br)ccc2C)CC1. The number of halogens is 1. The smallest absolute Gasteiger partial charge is 0.227 e. The Morgan fingerprint density at radius 2 is 1.75 bits per heavy atom. The summed E-state index contributed by atoms with van der Waals surface area (Å²) in [5.74, 6) is 0.217. The molecule has 0 aromatic heterocycles. The molecule has 2 amide bonds. The lowest BCUT2D eigenvalue weighted by molar-refractivity contribution is -0.138. The van der Waals surface area contributed by atoms with E-state index in [0.717, 1.165) is 15.6 Å². The maximum Gasteiger partial charge on any atom is 0.227 e. The molecule has 1 heterocycles. The van der Waals surface area contributed by atoms with Crippen LogP contribution in [0.1, 0.15) is 18.1 Å². The van der Waals surface area contributed by atoms with Gasteiger partial charge in [-0.1, -0.05) is 22.0 Å². The van der Waals surface area contributed by atoms with Gasteiger partial charge >= 0.3 is 0 Å². The van der Waals surface area contributed by atoms with Crippen LogP contribution in [0.25, 0.3) is 0 Å². The Bertz CT molecular complexity index is 523. The molecule has 1 aromatic carbocycles. The lowest BCUT2D eigenvalue weighted by atomic mass is 10.1. The van der Waals surface area contributed by atoms with Crippen LogP contribution in [0.15, 0.2) is 22.7 Å². The molecule has 4 nitrogen and oxygen atoms in total. The Kier molecular flexibility index (Phi) is 4.81. The zero-order valence-corrected chi connectivity index (χ0v) is 13.4. The van der Waals surface area contributed by atoms with Crippen molar-refractivity contribution in [1.29, 1.82) is 0 Å². The van der Waals surface area contributed by atoms with Crippen LogP contribution in [-0.2, 0) is 16.0 Å². The van der Waals surface area contributed by atoms with E-state index in [2.05, 4.69) is 15.9 Å². The summed E-state index contributed by atoms with van der Waals surface area (Å²) in [6, 6.07) is 5.99. The number of hydrogen-bond donors (Lipinski definition) is 0. The largest absolute Gasteiger partial charge is 0.339 e. The average Bonchev–Trinajstić information content (AvgIpc) is 2.43. The second-order valence-corrected chi connectivity index (χ2v) is 6.05. The molecule has 0 unspecified atom stereocenters. The van der Waals surface area contributed by atoms with E-state index < -0.39 is 0 Å². The summed E-state index contributed by atoms with van der Waals surface area (Å²) in [5, 5.41) is 0. The summed E-state index contributed by atoms with van der Waals surface area (Å²) in [5.41, 5.74) is 2.18. The molecule has 0 radical (unpaired) electrons. The number of hydrogen-bond acceptors (Lipinski definition) is 2. The van der Waals surface area contributed by atoms with Crippen molar-refractivity contribution in [3.8, 4) is 0 Å². The van der Waals surface area contributed by atoms with E-state index in [9.17, 15) is 9.59 Å². The zero-order chi connectivity index (χ0) is 14.7. The van der Waals surface area contributed by atoms with Crippen LogP contribution in [0.4, 0.5) is 0 Å². The number of aryl methyl sites for hydroxylation is 1. The normalized spacial score (nSPS) is 15.3. The number of rotatable bonds is 2. The predicted molar refractivity (Wildman–Crippen MR) is 81.4 cm³/mol. The van der Waals surface area contributed by atoms with Crippen molar-refractivity contribution in [2.75, 3.05) is 26.2 Å². The highest BCUT2D eigenvalue weighted by atomic mass is 79.9. The Labute approximate surface area is 127 Å². The molecule has 0 aliphatic carbocycles. The number of nitrogens with zero attached hydrogens (tertiary/aromatic N) is 2. The molecule has 1 aromatic rings. The molecule has 108 valence electrons. The molecular formula is C15H19BrN2O2. The molecule has 1 aliphatic rings. The Hall–Kier alpha value is -1.36. The van der Waals surface area contributed by atoms with Gasteiger partial charge in [-0.15, -0.1) is 0 Å². The van der Waals surface area contributed by atoms with Gasteiger partial charge in [-0.2, -0.15) is 0 Å². The van der Waals surface area contributed by atoms with Gasteiger partial charge in [0.05, 0.1) is 6.42 Å². The van der Waals surface area contributed by atoms with Crippen LogP contribution in [0, 0.1) is 6.92 Å². The minimum atomic E-state index is 0.0833. The highest BCUT2D eigenvalue weighted by Gasteiger charge is 2.22. The minimum absolute atomic E-state index is 0.0833. The predicted octanol–water partition coefficient (Wildman–Crippen LogP) is 1.99. The molecule has 1 fully saturated rings. The van der Waals surface area contributed by atoms with E-state index in [-0.39, 0.29) is 11.8 Å². The van der Waals surface area contributed by atoms with Crippen LogP contribution in [0.2, 0.25) is 0 Å². The van der Waals surface area contributed by atoms with Gasteiger partial charge in [-0.25, -0.2) is 0 Å². The van der Waals surface area contributed by atoms with E-state index in [1.807, 2.05) is 30.0 Å². The highest BCUT2D eigenvalue weighted by Crippen LogP contribution is 2.17. The van der Waals surface area contributed by atoms with Crippen LogP contribution in [0.5, 0.6) is 0 Å². The van der Waals surface area contributed by atoms with E-state index in [1.165, 1.54) is 0 Å². The van der Waals surface area contributed by atoms with Crippen molar-refractivity contribution in [3.05, 3.63) is 33.8 Å². The van der Waals surface area contributed by atoms with Gasteiger partial charge in [0.15, 0.2) is 0 Å². The van der Waals surface area contributed by atoms with Gasteiger partial charge in [-0.3, -0.25) is 9.59 Å². The molecule has 2 rings (SSSR count). The van der Waals surface area contributed by atoms with E-state index >= 15 is 0 Å². The number of amides is 2. The fourth-order valence-electron chi connectivity index (χ4n) is 2.38. The van der Waals surface area contributed by atoms with Gasteiger partial charge in [-0.05, 0) is 30.2 Å². The topological polar surface area (TPSA) is 40.6 Å². The second kappa shape index (κ2) is 6.39. The third kappa shape index (κ3) is 3.60. The van der Waals surface area contributed by atoms with E-state index in [0.29, 0.717) is 32.6 Å². The van der Waals surface area contributed by atoms with Crippen molar-refractivity contribution in [3.63, 3.8) is 0 Å². The van der Waals surface area contributed by atoms with Gasteiger partial charge in [0.25, 0.3) is 0 Å². The quantitative estimate of drug-likeness (QED) is 0.827. The zero-order valence-electron chi connectivity index (χ0n) is 11.9. The average molecular weight is 339 g/mol. The summed E-state index contributed by atoms with van der Waals surface area (Å²) in [7, 11) is 0. The molecule has 0 saturated carbocycles. The molecule has 0 bridgehead atoms. The Balaban J connectivity index is 1.96. The first-order chi connectivity index (χ1) is 9.47. The lowest BCUT2D eigenvalue weighted by Gasteiger charge is -2.34. The summed E-state index contributed by atoms with van der Waals surface area (Å²) in [4.78, 5) is 27.2. The second-order valence-electron chi connectivity index (χ2n) is 5.13. The van der Waals surface area contributed by atoms with Crippen LogP contribution >= 0.6 is 15.9 Å². The molecule has 20 heavy (non-hydrogen) atoms. The lowest BCUT2D eigenvalue weighted by Crippen LogP contribution is -2.50. The fourth-order valence-corrected chi connectivity index (χ4v) is 2.78. The molecule has 0 spiro atoms. The van der Waals surface area contributed by atoms with Crippen molar-refractivity contribution in [2.24, 2.45) is 0 Å². The number of piperazine rings is 1. The number of carbonyl (C=O) groups is 2. The van der Waals surface area contributed by atoms with E-state index in [4.69, 9.17) is 0 Å². The maximum atomic E-state index is 12.3. The van der Waals surface area contributed by atoms with Gasteiger partial charge in [0.1, 0.15) is 0 Å². The van der Waals surface area contributed by atoms with Crippen LogP contribution in [0.3, 0.4) is 0 Å². The molecular weight excluding hydrogens is 320 g/mol. The summed E-state index contributed by atoms with van der Waals surface area (Å²) in [6.45, 7) is 6.12. The number of benzene rings is 1. The summed E-state index contributed by atoms with van der Waals surface area (Å²) < 4.78 is 0.993. The third-order valence-corrected chi connectivity index (χ3v) is 4.22. The van der Waals surface area contributed by atoms with E-state index in [1.54, 1.807) is 11.8 Å². The molecule has 0 atom stereocenters. The first kappa shape index (κ1) is 15.0. The fraction of sp³-hybridized carbons (Fsp3) is 0.467. The minimum Gasteiger partial charge on any atom is -0.339 e. The molecule has 5 heteroatoms. The highest BCUT2D eigenvalue weighted by molar-refractivity contribution is 9.10. The molecule has 0 N–H and O–H groups in total. The molecule has 1 aliphatic heterocycles. The van der Waals surface area contributed by atoms with Crippen molar-refractivity contribution >= 4 is 27.7 Å². The first-order valence-corrected chi connectivity index (χ1v) is 7.55. The van der Waals surface area contributed by atoms with Gasteiger partial charge < -0.3 is 9.80 Å². The Morgan fingerprint density at radius 3 is 2.35 bits per heavy atom. The summed E-state index contributed by atoms with van der Waals surface area (Å²) in [6.07, 6.45) is 0.422. The van der Waals surface area contributed by atoms with Crippen molar-refractivity contribution in [2.45, 2.75) is 20.3 Å². The summed E-state index contributed by atoms with van der Waals surface area (Å²) >= 11 is 3.44. The third-order valence-electron chi connectivity index (χ3n) is 3.73. The molecule has 1 saturated heterocycles. The maximum absolute atomic E-state index is 12.3. The monoisotopic (exact) mass is 338 g/mol. The van der Waals surface area contributed by atoms with Crippen LogP contribution < -0.4 is 0 Å². The standard InChI is InChI=1S/C15H19BrN2O2/c1-11-3-4-14(16)9-13(11)10-15(20)18-7-5-17(6-8-18)12(2)19/h3-4,9H,5-8,10H2,1-2H3. The van der Waals surface area contributed by atoms with Gasteiger partial charge in [0.2, 0.25) is 11.8 Å². The Morgan fingerprint density at radius 1 is 1.15 bits per heavy atom. The van der Waals surface area contributed by atoms with Crippen LogP contribution in [-0.4, -0.2) is 47.8 Å².